The maximum absolute atomic E-state index is 12.1. The molecule has 2 N–H and O–H groups in total. The van der Waals surface area contributed by atoms with Gasteiger partial charge in [-0.3, -0.25) is 4.79 Å². The van der Waals surface area contributed by atoms with Gasteiger partial charge in [0.05, 0.1) is 11.5 Å². The van der Waals surface area contributed by atoms with Gasteiger partial charge < -0.3 is 15.4 Å². The number of hydrogen-bond donors (Lipinski definition) is 2. The van der Waals surface area contributed by atoms with E-state index in [4.69, 9.17) is 4.74 Å². The number of hydrogen-bond acceptors (Lipinski definition) is 5. The molecule has 0 bridgehead atoms. The Labute approximate surface area is 178 Å². The number of carbonyl (C=O) groups excluding carboxylic acids is 1. The standard InChI is InChI=1S/C23H30N2O4S/c1-30(27,28)22-15-13-21(14-16-22)29-17-5-8-23(26)25-20-11-9-19(10-12-20)24-18-6-3-2-4-7-18/h9-16,18,24H,2-8,17H2,1H3,(H,25,26). The molecule has 0 heterocycles. The zero-order valence-corrected chi connectivity index (χ0v) is 18.2. The third-order valence-corrected chi connectivity index (χ3v) is 6.34. The van der Waals surface area contributed by atoms with Crippen molar-refractivity contribution in [1.82, 2.24) is 0 Å². The number of rotatable bonds is 9. The highest BCUT2D eigenvalue weighted by Crippen LogP contribution is 2.22. The average Bonchev–Trinajstić information content (AvgIpc) is 2.73. The lowest BCUT2D eigenvalue weighted by Gasteiger charge is -2.23. The molecule has 1 amide bonds. The molecule has 1 fully saturated rings. The van der Waals surface area contributed by atoms with E-state index < -0.39 is 9.84 Å². The van der Waals surface area contributed by atoms with E-state index in [9.17, 15) is 13.2 Å². The largest absolute Gasteiger partial charge is 0.494 e. The summed E-state index contributed by atoms with van der Waals surface area (Å²) in [5.74, 6) is 0.530. The van der Waals surface area contributed by atoms with Crippen molar-refractivity contribution in [3.05, 3.63) is 48.5 Å². The molecule has 30 heavy (non-hydrogen) atoms. The molecule has 0 atom stereocenters. The minimum Gasteiger partial charge on any atom is -0.494 e. The van der Waals surface area contributed by atoms with E-state index in [1.807, 2.05) is 24.3 Å². The molecule has 0 saturated heterocycles. The van der Waals surface area contributed by atoms with E-state index in [1.54, 1.807) is 12.1 Å². The van der Waals surface area contributed by atoms with Crippen LogP contribution in [0, 0.1) is 0 Å². The number of amides is 1. The molecular weight excluding hydrogens is 400 g/mol. The van der Waals surface area contributed by atoms with Crippen molar-refractivity contribution in [3.63, 3.8) is 0 Å². The smallest absolute Gasteiger partial charge is 0.224 e. The van der Waals surface area contributed by atoms with E-state index in [0.717, 1.165) is 11.4 Å². The third-order valence-electron chi connectivity index (χ3n) is 5.21. The molecular formula is C23H30N2O4S. The van der Waals surface area contributed by atoms with E-state index in [2.05, 4.69) is 10.6 Å². The van der Waals surface area contributed by atoms with Crippen LogP contribution in [0.2, 0.25) is 0 Å². The third kappa shape index (κ3) is 7.06. The molecule has 1 saturated carbocycles. The highest BCUT2D eigenvalue weighted by molar-refractivity contribution is 7.90. The molecule has 0 aliphatic heterocycles. The second-order valence-electron chi connectivity index (χ2n) is 7.80. The topological polar surface area (TPSA) is 84.5 Å². The van der Waals surface area contributed by atoms with Gasteiger partial charge in [0, 0.05) is 30.1 Å². The normalized spacial score (nSPS) is 14.8. The fourth-order valence-corrected chi connectivity index (χ4v) is 4.19. The molecule has 0 aromatic heterocycles. The van der Waals surface area contributed by atoms with Crippen LogP contribution in [0.4, 0.5) is 11.4 Å². The minimum atomic E-state index is -3.21. The Morgan fingerprint density at radius 1 is 0.967 bits per heavy atom. The van der Waals surface area contributed by atoms with Crippen molar-refractivity contribution in [1.29, 1.82) is 0 Å². The van der Waals surface area contributed by atoms with Gasteiger partial charge in [-0.1, -0.05) is 19.3 Å². The first-order valence-corrected chi connectivity index (χ1v) is 12.4. The van der Waals surface area contributed by atoms with Gasteiger partial charge in [-0.2, -0.15) is 0 Å². The first kappa shape index (κ1) is 22.2. The SMILES string of the molecule is CS(=O)(=O)c1ccc(OCCCC(=O)Nc2ccc(NC3CCCCC3)cc2)cc1. The van der Waals surface area contributed by atoms with Gasteiger partial charge in [0.25, 0.3) is 0 Å². The molecule has 0 radical (unpaired) electrons. The van der Waals surface area contributed by atoms with Crippen LogP contribution in [-0.2, 0) is 14.6 Å². The molecule has 162 valence electrons. The summed E-state index contributed by atoms with van der Waals surface area (Å²) in [5, 5.41) is 6.47. The average molecular weight is 431 g/mol. The van der Waals surface area contributed by atoms with Crippen molar-refractivity contribution < 1.29 is 17.9 Å². The number of benzene rings is 2. The molecule has 0 spiro atoms. The van der Waals surface area contributed by atoms with Crippen LogP contribution in [0.3, 0.4) is 0 Å². The van der Waals surface area contributed by atoms with Gasteiger partial charge in [-0.15, -0.1) is 0 Å². The summed E-state index contributed by atoms with van der Waals surface area (Å²) >= 11 is 0. The Balaban J connectivity index is 1.36. The Morgan fingerprint density at radius 2 is 1.60 bits per heavy atom. The molecule has 0 unspecified atom stereocenters. The van der Waals surface area contributed by atoms with Crippen LogP contribution < -0.4 is 15.4 Å². The van der Waals surface area contributed by atoms with Crippen molar-refractivity contribution >= 4 is 27.1 Å². The van der Waals surface area contributed by atoms with Crippen LogP contribution in [-0.4, -0.2) is 33.2 Å². The molecule has 1 aliphatic carbocycles. The van der Waals surface area contributed by atoms with Gasteiger partial charge >= 0.3 is 0 Å². The first-order chi connectivity index (χ1) is 14.4. The zero-order chi connectivity index (χ0) is 21.4. The second kappa shape index (κ2) is 10.5. The molecule has 7 heteroatoms. The van der Waals surface area contributed by atoms with Crippen LogP contribution in [0.25, 0.3) is 0 Å². The molecule has 2 aromatic carbocycles. The number of anilines is 2. The van der Waals surface area contributed by atoms with Gasteiger partial charge in [0.15, 0.2) is 9.84 Å². The summed E-state index contributed by atoms with van der Waals surface area (Å²) in [6.07, 6.45) is 8.46. The van der Waals surface area contributed by atoms with Crippen LogP contribution in [0.5, 0.6) is 5.75 Å². The maximum atomic E-state index is 12.1. The number of sulfone groups is 1. The summed E-state index contributed by atoms with van der Waals surface area (Å²) in [5.41, 5.74) is 1.88. The Hall–Kier alpha value is -2.54. The summed E-state index contributed by atoms with van der Waals surface area (Å²) < 4.78 is 28.5. The first-order valence-electron chi connectivity index (χ1n) is 10.5. The van der Waals surface area contributed by atoms with E-state index in [1.165, 1.54) is 50.5 Å². The summed E-state index contributed by atoms with van der Waals surface area (Å²) in [6, 6.07) is 14.7. The fraction of sp³-hybridized carbons (Fsp3) is 0.435. The second-order valence-corrected chi connectivity index (χ2v) is 9.82. The van der Waals surface area contributed by atoms with Crippen molar-refractivity contribution in [2.45, 2.75) is 55.9 Å². The molecule has 2 aromatic rings. The van der Waals surface area contributed by atoms with Crippen LogP contribution >= 0.6 is 0 Å². The number of ether oxygens (including phenoxy) is 1. The highest BCUT2D eigenvalue weighted by Gasteiger charge is 2.13. The van der Waals surface area contributed by atoms with Gasteiger partial charge in [-0.25, -0.2) is 8.42 Å². The zero-order valence-electron chi connectivity index (χ0n) is 17.4. The van der Waals surface area contributed by atoms with Crippen molar-refractivity contribution in [2.24, 2.45) is 0 Å². The van der Waals surface area contributed by atoms with Crippen LogP contribution in [0.15, 0.2) is 53.4 Å². The lowest BCUT2D eigenvalue weighted by atomic mass is 9.95. The van der Waals surface area contributed by atoms with E-state index in [0.29, 0.717) is 31.2 Å². The van der Waals surface area contributed by atoms with E-state index >= 15 is 0 Å². The summed E-state index contributed by atoms with van der Waals surface area (Å²) in [6.45, 7) is 0.385. The highest BCUT2D eigenvalue weighted by atomic mass is 32.2. The van der Waals surface area contributed by atoms with Gasteiger partial charge in [0.2, 0.25) is 5.91 Å². The number of nitrogens with one attached hydrogen (secondary N) is 2. The van der Waals surface area contributed by atoms with Crippen molar-refractivity contribution in [2.75, 3.05) is 23.5 Å². The Morgan fingerprint density at radius 3 is 2.23 bits per heavy atom. The molecule has 1 aliphatic rings. The molecule has 6 nitrogen and oxygen atoms in total. The molecule has 3 rings (SSSR count). The predicted molar refractivity (Wildman–Crippen MR) is 120 cm³/mol. The van der Waals surface area contributed by atoms with Crippen LogP contribution in [0.1, 0.15) is 44.9 Å². The van der Waals surface area contributed by atoms with Gasteiger partial charge in [0.1, 0.15) is 5.75 Å². The fourth-order valence-electron chi connectivity index (χ4n) is 3.56. The van der Waals surface area contributed by atoms with E-state index in [-0.39, 0.29) is 10.8 Å². The van der Waals surface area contributed by atoms with Crippen molar-refractivity contribution in [3.8, 4) is 5.75 Å². The minimum absolute atomic E-state index is 0.0565. The predicted octanol–water partition coefficient (Wildman–Crippen LogP) is 4.63. The Bertz CT molecular complexity index is 919. The summed E-state index contributed by atoms with van der Waals surface area (Å²) in [4.78, 5) is 12.4. The Kier molecular flexibility index (Phi) is 7.74. The lowest BCUT2D eigenvalue weighted by Crippen LogP contribution is -2.22. The lowest BCUT2D eigenvalue weighted by molar-refractivity contribution is -0.116. The quantitative estimate of drug-likeness (QED) is 0.567. The summed E-state index contributed by atoms with van der Waals surface area (Å²) in [7, 11) is -3.21. The van der Waals surface area contributed by atoms with Gasteiger partial charge in [-0.05, 0) is 67.8 Å². The maximum Gasteiger partial charge on any atom is 0.224 e. The monoisotopic (exact) mass is 430 g/mol. The number of carbonyl (C=O) groups is 1.